The van der Waals surface area contributed by atoms with Crippen LogP contribution in [0.5, 0.6) is 0 Å². The van der Waals surface area contributed by atoms with Gasteiger partial charge in [-0.25, -0.2) is 0 Å². The zero-order valence-corrected chi connectivity index (χ0v) is 8.56. The summed E-state index contributed by atoms with van der Waals surface area (Å²) < 4.78 is 0. The lowest BCUT2D eigenvalue weighted by molar-refractivity contribution is -0.116. The first-order valence-electron chi connectivity index (χ1n) is 3.67. The van der Waals surface area contributed by atoms with Crippen LogP contribution in [0, 0.1) is 0 Å². The molecule has 0 heterocycles. The van der Waals surface area contributed by atoms with Crippen molar-refractivity contribution < 1.29 is 9.90 Å². The highest BCUT2D eigenvalue weighted by Crippen LogP contribution is 1.98. The van der Waals surface area contributed by atoms with E-state index in [2.05, 4.69) is 24.5 Å². The summed E-state index contributed by atoms with van der Waals surface area (Å²) in [6.07, 6.45) is 2.96. The lowest BCUT2D eigenvalue weighted by Crippen LogP contribution is -2.20. The number of rotatable bonds is 3. The highest BCUT2D eigenvalue weighted by Gasteiger charge is 2.01. The Hall–Kier alpha value is -1.16. The number of amides is 1. The van der Waals surface area contributed by atoms with E-state index in [0.717, 1.165) is 0 Å². The van der Waals surface area contributed by atoms with Crippen LogP contribution in [0.2, 0.25) is 0 Å². The number of aliphatic hydroxyl groups is 1. The van der Waals surface area contributed by atoms with Crippen molar-refractivity contribution in [2.24, 2.45) is 0 Å². The Kier molecular flexibility index (Phi) is 4.99. The van der Waals surface area contributed by atoms with Gasteiger partial charge in [0.15, 0.2) is 0 Å². The smallest absolute Gasteiger partial charge is 0.251 e. The molecule has 0 aliphatic carbocycles. The molecule has 0 spiro atoms. The quantitative estimate of drug-likeness (QED) is 0.281. The van der Waals surface area contributed by atoms with Crippen LogP contribution >= 0.6 is 12.6 Å². The third kappa shape index (κ3) is 6.04. The fourth-order valence-corrected chi connectivity index (χ4v) is 0.652. The van der Waals surface area contributed by atoms with E-state index in [1.165, 1.54) is 19.1 Å². The summed E-state index contributed by atoms with van der Waals surface area (Å²) in [4.78, 5) is 11.2. The molecule has 2 N–H and O–H groups in total. The van der Waals surface area contributed by atoms with E-state index in [1.807, 2.05) is 0 Å². The zero-order valence-electron chi connectivity index (χ0n) is 7.66. The minimum atomic E-state index is -0.280. The van der Waals surface area contributed by atoms with Crippen LogP contribution in [0.4, 0.5) is 0 Å². The van der Waals surface area contributed by atoms with Gasteiger partial charge in [-0.1, -0.05) is 12.7 Å². The van der Waals surface area contributed by atoms with Crippen molar-refractivity contribution in [3.05, 3.63) is 35.1 Å². The number of nitrogens with one attached hydrogen (secondary N) is 1. The Morgan fingerprint density at radius 3 is 2.38 bits per heavy atom. The number of hydrogen-bond acceptors (Lipinski definition) is 3. The van der Waals surface area contributed by atoms with Crippen LogP contribution in [-0.4, -0.2) is 11.0 Å². The molecule has 1 amide bonds. The van der Waals surface area contributed by atoms with Gasteiger partial charge in [-0.05, 0) is 19.9 Å². The van der Waals surface area contributed by atoms with Crippen molar-refractivity contribution in [1.82, 2.24) is 5.32 Å². The highest BCUT2D eigenvalue weighted by atomic mass is 32.1. The molecule has 0 aromatic rings. The van der Waals surface area contributed by atoms with Gasteiger partial charge in [-0.15, -0.1) is 12.6 Å². The predicted octanol–water partition coefficient (Wildman–Crippen LogP) is 1.91. The van der Waals surface area contributed by atoms with Gasteiger partial charge in [-0.3, -0.25) is 4.79 Å². The third-order valence-corrected chi connectivity index (χ3v) is 1.30. The average molecular weight is 199 g/mol. The number of thiol groups is 1. The average Bonchev–Trinajstić information content (AvgIpc) is 1.98. The van der Waals surface area contributed by atoms with E-state index in [1.54, 1.807) is 6.92 Å². The summed E-state index contributed by atoms with van der Waals surface area (Å²) in [5.74, 6) is -0.130. The summed E-state index contributed by atoms with van der Waals surface area (Å²) >= 11 is 3.82. The number of aliphatic hydroxyl groups excluding tert-OH is 1. The monoisotopic (exact) mass is 199 g/mol. The minimum Gasteiger partial charge on any atom is -0.513 e. The molecule has 0 aliphatic heterocycles. The number of hydrogen-bond donors (Lipinski definition) is 3. The minimum absolute atomic E-state index is 0.150. The summed E-state index contributed by atoms with van der Waals surface area (Å²) in [6, 6.07) is 0. The topological polar surface area (TPSA) is 49.3 Å². The SMILES string of the molecule is C=C(S)NC(=O)/C(C)=C/C=C(\C)O. The van der Waals surface area contributed by atoms with Gasteiger partial charge < -0.3 is 10.4 Å². The van der Waals surface area contributed by atoms with E-state index in [0.29, 0.717) is 10.6 Å². The van der Waals surface area contributed by atoms with Crippen LogP contribution in [0.3, 0.4) is 0 Å². The maximum Gasteiger partial charge on any atom is 0.251 e. The molecule has 0 aromatic heterocycles. The van der Waals surface area contributed by atoms with Crippen LogP contribution in [0.25, 0.3) is 0 Å². The Bertz CT molecular complexity index is 275. The van der Waals surface area contributed by atoms with Crippen LogP contribution in [0.1, 0.15) is 13.8 Å². The lowest BCUT2D eigenvalue weighted by Gasteiger charge is -2.01. The van der Waals surface area contributed by atoms with E-state index in [4.69, 9.17) is 5.11 Å². The third-order valence-electron chi connectivity index (χ3n) is 1.19. The molecular weight excluding hydrogens is 186 g/mol. The first kappa shape index (κ1) is 11.8. The summed E-state index contributed by atoms with van der Waals surface area (Å²) in [5.41, 5.74) is 0.476. The first-order valence-corrected chi connectivity index (χ1v) is 4.11. The fraction of sp³-hybridized carbons (Fsp3) is 0.222. The number of carbonyl (C=O) groups is 1. The molecule has 0 fully saturated rings. The Labute approximate surface area is 83.3 Å². The van der Waals surface area contributed by atoms with Crippen molar-refractivity contribution in [2.45, 2.75) is 13.8 Å². The molecule has 0 atom stereocenters. The van der Waals surface area contributed by atoms with Crippen molar-refractivity contribution in [2.75, 3.05) is 0 Å². The molecule has 4 heteroatoms. The fourth-order valence-electron chi connectivity index (χ4n) is 0.551. The summed E-state index contributed by atoms with van der Waals surface area (Å²) in [7, 11) is 0. The van der Waals surface area contributed by atoms with Gasteiger partial charge in [0.05, 0.1) is 10.8 Å². The van der Waals surface area contributed by atoms with E-state index >= 15 is 0 Å². The number of carbonyl (C=O) groups excluding carboxylic acids is 1. The first-order chi connectivity index (χ1) is 5.93. The van der Waals surface area contributed by atoms with Crippen molar-refractivity contribution in [3.8, 4) is 0 Å². The molecule has 13 heavy (non-hydrogen) atoms. The second-order valence-corrected chi connectivity index (χ2v) is 3.10. The van der Waals surface area contributed by atoms with Gasteiger partial charge in [-0.2, -0.15) is 0 Å². The Morgan fingerprint density at radius 2 is 2.00 bits per heavy atom. The highest BCUT2D eigenvalue weighted by molar-refractivity contribution is 7.84. The second-order valence-electron chi connectivity index (χ2n) is 2.56. The molecule has 3 nitrogen and oxygen atoms in total. The van der Waals surface area contributed by atoms with Crippen molar-refractivity contribution >= 4 is 18.5 Å². The molecule has 0 aliphatic rings. The maximum atomic E-state index is 11.2. The van der Waals surface area contributed by atoms with Crippen LogP contribution in [-0.2, 0) is 4.79 Å². The molecule has 0 saturated heterocycles. The van der Waals surface area contributed by atoms with Crippen LogP contribution < -0.4 is 5.32 Å². The second kappa shape index (κ2) is 5.48. The largest absolute Gasteiger partial charge is 0.513 e. The zero-order chi connectivity index (χ0) is 10.4. The van der Waals surface area contributed by atoms with Gasteiger partial charge in [0.2, 0.25) is 0 Å². The molecule has 72 valence electrons. The Balaban J connectivity index is 4.34. The Morgan fingerprint density at radius 1 is 1.46 bits per heavy atom. The molecule has 0 aromatic carbocycles. The van der Waals surface area contributed by atoms with Crippen LogP contribution in [0.15, 0.2) is 35.1 Å². The molecule has 0 unspecified atom stereocenters. The van der Waals surface area contributed by atoms with Crippen molar-refractivity contribution in [3.63, 3.8) is 0 Å². The standard InChI is InChI=1S/C9H13NO2S/c1-6(4-5-7(2)11)9(12)10-8(3)13/h4-5,11,13H,3H2,1-2H3,(H,10,12)/b6-4+,7-5+. The van der Waals surface area contributed by atoms with E-state index in [9.17, 15) is 4.79 Å². The number of allylic oxidation sites excluding steroid dienone is 3. The van der Waals surface area contributed by atoms with Crippen molar-refractivity contribution in [1.29, 1.82) is 0 Å². The molecule has 0 rings (SSSR count). The molecule has 0 radical (unpaired) electrons. The van der Waals surface area contributed by atoms with Gasteiger partial charge in [0.25, 0.3) is 5.91 Å². The molecular formula is C9H13NO2S. The molecule has 0 bridgehead atoms. The summed E-state index contributed by atoms with van der Waals surface area (Å²) in [5, 5.41) is 11.5. The predicted molar refractivity (Wildman–Crippen MR) is 56.4 cm³/mol. The van der Waals surface area contributed by atoms with Gasteiger partial charge in [0, 0.05) is 5.57 Å². The normalized spacial score (nSPS) is 12.5. The van der Waals surface area contributed by atoms with E-state index in [-0.39, 0.29) is 11.7 Å². The lowest BCUT2D eigenvalue weighted by atomic mass is 10.2. The molecule has 0 saturated carbocycles. The summed E-state index contributed by atoms with van der Waals surface area (Å²) in [6.45, 7) is 6.57. The van der Waals surface area contributed by atoms with E-state index < -0.39 is 0 Å². The van der Waals surface area contributed by atoms with Gasteiger partial charge >= 0.3 is 0 Å². The maximum absolute atomic E-state index is 11.2. The van der Waals surface area contributed by atoms with Gasteiger partial charge in [0.1, 0.15) is 0 Å².